The van der Waals surface area contributed by atoms with Gasteiger partial charge in [-0.2, -0.15) is 0 Å². The minimum Gasteiger partial charge on any atom is -0.294 e. The highest BCUT2D eigenvalue weighted by atomic mass is 32.2. The molecule has 1 fully saturated rings. The lowest BCUT2D eigenvalue weighted by molar-refractivity contribution is 0.0967. The van der Waals surface area contributed by atoms with Gasteiger partial charge in [0.1, 0.15) is 0 Å². The minimum absolute atomic E-state index is 0.104. The third-order valence-corrected chi connectivity index (χ3v) is 5.00. The third-order valence-electron chi connectivity index (χ3n) is 3.59. The van der Waals surface area contributed by atoms with Crippen molar-refractivity contribution in [3.05, 3.63) is 59.9 Å². The molecule has 1 heterocycles. The van der Waals surface area contributed by atoms with Gasteiger partial charge in [-0.3, -0.25) is 9.78 Å². The maximum atomic E-state index is 12.2. The molecule has 1 aliphatic rings. The van der Waals surface area contributed by atoms with Crippen LogP contribution in [-0.2, 0) is 16.6 Å². The molecule has 2 aromatic rings. The number of sulfonamides is 1. The number of hydrogen-bond acceptors (Lipinski definition) is 4. The van der Waals surface area contributed by atoms with Crippen molar-refractivity contribution in [2.24, 2.45) is 5.92 Å². The Morgan fingerprint density at radius 1 is 1.18 bits per heavy atom. The minimum atomic E-state index is -3.59. The first kappa shape index (κ1) is 14.9. The van der Waals surface area contributed by atoms with Gasteiger partial charge in [0.25, 0.3) is 0 Å². The number of ketones is 1. The number of carbonyl (C=O) groups excluding carboxylic acids is 1. The van der Waals surface area contributed by atoms with E-state index < -0.39 is 10.0 Å². The summed E-state index contributed by atoms with van der Waals surface area (Å²) in [7, 11) is -3.59. The van der Waals surface area contributed by atoms with E-state index >= 15 is 0 Å². The number of carbonyl (C=O) groups is 1. The topological polar surface area (TPSA) is 76.1 Å². The summed E-state index contributed by atoms with van der Waals surface area (Å²) < 4.78 is 27.0. The fourth-order valence-electron chi connectivity index (χ4n) is 2.14. The number of nitrogens with one attached hydrogen (secondary N) is 1. The van der Waals surface area contributed by atoms with Crippen LogP contribution in [-0.4, -0.2) is 19.2 Å². The molecule has 0 unspecified atom stereocenters. The lowest BCUT2D eigenvalue weighted by atomic mass is 10.1. The highest BCUT2D eigenvalue weighted by Gasteiger charge is 2.30. The standard InChI is InChI=1S/C16H16N2O3S/c19-16(13-3-4-13)14-5-7-15(8-6-14)22(20,21)18-11-12-2-1-9-17-10-12/h1-2,5-10,13,18H,3-4,11H2. The second-order valence-corrected chi connectivity index (χ2v) is 7.12. The quantitative estimate of drug-likeness (QED) is 0.829. The van der Waals surface area contributed by atoms with Crippen molar-refractivity contribution >= 4 is 15.8 Å². The average Bonchev–Trinajstić information content (AvgIpc) is 3.38. The predicted octanol–water partition coefficient (Wildman–Crippen LogP) is 2.15. The lowest BCUT2D eigenvalue weighted by Gasteiger charge is -2.07. The van der Waals surface area contributed by atoms with Crippen LogP contribution in [0, 0.1) is 5.92 Å². The molecule has 1 N–H and O–H groups in total. The molecule has 22 heavy (non-hydrogen) atoms. The summed E-state index contributed by atoms with van der Waals surface area (Å²) in [6.45, 7) is 0.179. The highest BCUT2D eigenvalue weighted by molar-refractivity contribution is 7.89. The molecular weight excluding hydrogens is 300 g/mol. The van der Waals surface area contributed by atoms with Crippen LogP contribution in [0.15, 0.2) is 53.7 Å². The van der Waals surface area contributed by atoms with E-state index in [-0.39, 0.29) is 23.1 Å². The Bertz CT molecular complexity index is 767. The molecule has 5 nitrogen and oxygen atoms in total. The fraction of sp³-hybridized carbons (Fsp3) is 0.250. The molecule has 1 aromatic carbocycles. The number of benzene rings is 1. The van der Waals surface area contributed by atoms with E-state index in [1.807, 2.05) is 0 Å². The predicted molar refractivity (Wildman–Crippen MR) is 81.8 cm³/mol. The summed E-state index contributed by atoms with van der Waals surface area (Å²) in [5.41, 5.74) is 1.36. The summed E-state index contributed by atoms with van der Waals surface area (Å²) in [4.78, 5) is 16.0. The first-order chi connectivity index (χ1) is 10.6. The van der Waals surface area contributed by atoms with Crippen LogP contribution in [0.1, 0.15) is 28.8 Å². The molecule has 6 heteroatoms. The van der Waals surface area contributed by atoms with Crippen LogP contribution in [0.3, 0.4) is 0 Å². The van der Waals surface area contributed by atoms with Gasteiger partial charge in [-0.25, -0.2) is 13.1 Å². The Kier molecular flexibility index (Phi) is 4.04. The molecular formula is C16H16N2O3S. The van der Waals surface area contributed by atoms with Gasteiger partial charge in [-0.1, -0.05) is 18.2 Å². The highest BCUT2D eigenvalue weighted by Crippen LogP contribution is 2.32. The van der Waals surface area contributed by atoms with Gasteiger partial charge >= 0.3 is 0 Å². The molecule has 1 aliphatic carbocycles. The van der Waals surface area contributed by atoms with Gasteiger partial charge in [0, 0.05) is 30.4 Å². The summed E-state index contributed by atoms with van der Waals surface area (Å²) >= 11 is 0. The Morgan fingerprint density at radius 3 is 2.50 bits per heavy atom. The first-order valence-corrected chi connectivity index (χ1v) is 8.57. The Balaban J connectivity index is 1.70. The van der Waals surface area contributed by atoms with E-state index in [4.69, 9.17) is 0 Å². The smallest absolute Gasteiger partial charge is 0.240 e. The normalized spacial score (nSPS) is 14.7. The van der Waals surface area contributed by atoms with E-state index in [2.05, 4.69) is 9.71 Å². The Hall–Kier alpha value is -2.05. The zero-order chi connectivity index (χ0) is 15.6. The zero-order valence-electron chi connectivity index (χ0n) is 11.9. The van der Waals surface area contributed by atoms with Gasteiger partial charge in [-0.15, -0.1) is 0 Å². The maximum absolute atomic E-state index is 12.2. The molecule has 0 amide bonds. The van der Waals surface area contributed by atoms with Crippen molar-refractivity contribution in [3.63, 3.8) is 0 Å². The summed E-state index contributed by atoms with van der Waals surface area (Å²) in [6, 6.07) is 9.66. The van der Waals surface area contributed by atoms with Crippen LogP contribution in [0.25, 0.3) is 0 Å². The van der Waals surface area contributed by atoms with E-state index in [0.29, 0.717) is 5.56 Å². The molecule has 0 radical (unpaired) electrons. The van der Waals surface area contributed by atoms with Gasteiger partial charge in [-0.05, 0) is 36.6 Å². The van der Waals surface area contributed by atoms with Gasteiger partial charge in [0.2, 0.25) is 10.0 Å². The molecule has 0 bridgehead atoms. The lowest BCUT2D eigenvalue weighted by Crippen LogP contribution is -2.23. The average molecular weight is 316 g/mol. The van der Waals surface area contributed by atoms with Crippen molar-refractivity contribution in [2.45, 2.75) is 24.3 Å². The summed E-state index contributed by atoms with van der Waals surface area (Å²) in [5.74, 6) is 0.235. The molecule has 0 spiro atoms. The Labute approximate surface area is 129 Å². The van der Waals surface area contributed by atoms with E-state index in [1.54, 1.807) is 36.7 Å². The van der Waals surface area contributed by atoms with Crippen molar-refractivity contribution in [1.82, 2.24) is 9.71 Å². The summed E-state index contributed by atoms with van der Waals surface area (Å²) in [5, 5.41) is 0. The van der Waals surface area contributed by atoms with E-state index in [9.17, 15) is 13.2 Å². The Morgan fingerprint density at radius 2 is 1.91 bits per heavy atom. The van der Waals surface area contributed by atoms with Crippen molar-refractivity contribution in [1.29, 1.82) is 0 Å². The molecule has 1 aromatic heterocycles. The monoisotopic (exact) mass is 316 g/mol. The number of nitrogens with zero attached hydrogens (tertiary/aromatic N) is 1. The molecule has 0 atom stereocenters. The van der Waals surface area contributed by atoms with E-state index in [0.717, 1.165) is 18.4 Å². The van der Waals surface area contributed by atoms with Crippen LogP contribution in [0.2, 0.25) is 0 Å². The zero-order valence-corrected chi connectivity index (χ0v) is 12.7. The van der Waals surface area contributed by atoms with Gasteiger partial charge in [0.05, 0.1) is 4.90 Å². The third kappa shape index (κ3) is 3.40. The van der Waals surface area contributed by atoms with Crippen molar-refractivity contribution in [3.8, 4) is 0 Å². The maximum Gasteiger partial charge on any atom is 0.240 e. The second kappa shape index (κ2) is 5.98. The first-order valence-electron chi connectivity index (χ1n) is 7.09. The number of Topliss-reactive ketones (excluding diaryl/α,β-unsaturated/α-hetero) is 1. The molecule has 0 aliphatic heterocycles. The largest absolute Gasteiger partial charge is 0.294 e. The number of pyridine rings is 1. The molecule has 3 rings (SSSR count). The van der Waals surface area contributed by atoms with Crippen LogP contribution in [0.5, 0.6) is 0 Å². The van der Waals surface area contributed by atoms with Crippen LogP contribution < -0.4 is 4.72 Å². The van der Waals surface area contributed by atoms with Crippen molar-refractivity contribution in [2.75, 3.05) is 0 Å². The number of aromatic nitrogens is 1. The van der Waals surface area contributed by atoms with Gasteiger partial charge < -0.3 is 0 Å². The molecule has 1 saturated carbocycles. The van der Waals surface area contributed by atoms with Crippen molar-refractivity contribution < 1.29 is 13.2 Å². The van der Waals surface area contributed by atoms with Crippen LogP contribution in [0.4, 0.5) is 0 Å². The van der Waals surface area contributed by atoms with Crippen LogP contribution >= 0.6 is 0 Å². The second-order valence-electron chi connectivity index (χ2n) is 5.35. The number of hydrogen-bond donors (Lipinski definition) is 1. The molecule has 114 valence electrons. The SMILES string of the molecule is O=C(c1ccc(S(=O)(=O)NCc2cccnc2)cc1)C1CC1. The van der Waals surface area contributed by atoms with Gasteiger partial charge in [0.15, 0.2) is 5.78 Å². The molecule has 0 saturated heterocycles. The summed E-state index contributed by atoms with van der Waals surface area (Å²) in [6.07, 6.45) is 5.12. The fourth-order valence-corrected chi connectivity index (χ4v) is 3.16. The van der Waals surface area contributed by atoms with E-state index in [1.165, 1.54) is 12.1 Å². The number of rotatable bonds is 6.